The van der Waals surface area contributed by atoms with E-state index in [-0.39, 0.29) is 31.3 Å². The van der Waals surface area contributed by atoms with E-state index in [4.69, 9.17) is 23.7 Å². The molecule has 0 bridgehead atoms. The molecule has 0 aromatic carbocycles. The summed E-state index contributed by atoms with van der Waals surface area (Å²) in [5.74, 6) is -0.255. The van der Waals surface area contributed by atoms with Crippen molar-refractivity contribution in [3.63, 3.8) is 0 Å². The Morgan fingerprint density at radius 2 is 0.891 bits per heavy atom. The fourth-order valence-electron chi connectivity index (χ4n) is 6.16. The van der Waals surface area contributed by atoms with E-state index in [0.29, 0.717) is 19.8 Å². The average Bonchev–Trinajstić information content (AvgIpc) is 3.36. The van der Waals surface area contributed by atoms with Crippen LogP contribution in [0.3, 0.4) is 0 Å². The molecule has 7 heteroatoms. The minimum absolute atomic E-state index is 0.157. The van der Waals surface area contributed by atoms with Crippen LogP contribution in [-0.2, 0) is 28.5 Å². The predicted octanol–water partition coefficient (Wildman–Crippen LogP) is 10.0. The molecule has 0 aliphatic carbocycles. The van der Waals surface area contributed by atoms with E-state index in [1.165, 1.54) is 135 Å². The van der Waals surface area contributed by atoms with Gasteiger partial charge in [-0.2, -0.15) is 0 Å². The highest BCUT2D eigenvalue weighted by Crippen LogP contribution is 2.29. The molecule has 1 fully saturated rings. The van der Waals surface area contributed by atoms with Gasteiger partial charge in [0.2, 0.25) is 0 Å². The Labute approximate surface area is 285 Å². The van der Waals surface area contributed by atoms with Crippen LogP contribution < -0.4 is 0 Å². The Kier molecular flexibility index (Phi) is 29.7. The van der Waals surface area contributed by atoms with Crippen LogP contribution in [-0.4, -0.2) is 82.5 Å². The predicted molar refractivity (Wildman–Crippen MR) is 191 cm³/mol. The number of carbonyl (C=O) groups is 1. The molecular weight excluding hydrogens is 578 g/mol. The van der Waals surface area contributed by atoms with Crippen molar-refractivity contribution in [2.75, 3.05) is 47.1 Å². The number of nitrogens with zero attached hydrogens (tertiary/aromatic N) is 1. The van der Waals surface area contributed by atoms with Gasteiger partial charge in [0.1, 0.15) is 24.9 Å². The number of rotatable bonds is 34. The molecule has 7 nitrogen and oxygen atoms in total. The van der Waals surface area contributed by atoms with Crippen LogP contribution in [0.5, 0.6) is 0 Å². The molecular formula is C39H77NO6. The summed E-state index contributed by atoms with van der Waals surface area (Å²) in [6.45, 7) is 9.17. The molecule has 274 valence electrons. The molecule has 0 aromatic heterocycles. The smallest absolute Gasteiger partial charge is 0.320 e. The molecule has 0 saturated carbocycles. The minimum Gasteiger partial charge on any atom is -0.462 e. The summed E-state index contributed by atoms with van der Waals surface area (Å²) in [6.07, 6.45) is 28.7. The molecule has 1 saturated heterocycles. The van der Waals surface area contributed by atoms with E-state index in [2.05, 4.69) is 20.8 Å². The van der Waals surface area contributed by atoms with Crippen molar-refractivity contribution < 1.29 is 28.5 Å². The summed E-state index contributed by atoms with van der Waals surface area (Å²) in [4.78, 5) is 14.2. The Morgan fingerprint density at radius 1 is 0.522 bits per heavy atom. The van der Waals surface area contributed by atoms with Crippen LogP contribution in [0.4, 0.5) is 0 Å². The number of ether oxygens (including phenoxy) is 5. The maximum Gasteiger partial charge on any atom is 0.320 e. The number of esters is 1. The zero-order chi connectivity index (χ0) is 33.5. The van der Waals surface area contributed by atoms with Gasteiger partial charge in [0.25, 0.3) is 0 Å². The van der Waals surface area contributed by atoms with Gasteiger partial charge in [-0.1, -0.05) is 156 Å². The largest absolute Gasteiger partial charge is 0.462 e. The molecule has 1 rings (SSSR count). The van der Waals surface area contributed by atoms with Gasteiger partial charge >= 0.3 is 5.97 Å². The third-order valence-corrected chi connectivity index (χ3v) is 9.02. The molecule has 0 radical (unpaired) electrons. The molecule has 1 aliphatic heterocycles. The molecule has 0 amide bonds. The first kappa shape index (κ1) is 43.3. The number of likely N-dealkylation sites (N-methyl/N-ethyl adjacent to an activating group) is 1. The molecule has 0 spiro atoms. The number of unbranched alkanes of at least 4 members (excludes halogenated alkanes) is 21. The van der Waals surface area contributed by atoms with Crippen LogP contribution in [0, 0.1) is 0 Å². The normalized spacial score (nSPS) is 19.8. The third kappa shape index (κ3) is 23.6. The van der Waals surface area contributed by atoms with E-state index in [1.807, 2.05) is 19.0 Å². The topological polar surface area (TPSA) is 66.5 Å². The average molecular weight is 656 g/mol. The Bertz CT molecular complexity index is 662. The lowest BCUT2D eigenvalue weighted by Crippen LogP contribution is -2.40. The maximum absolute atomic E-state index is 12.4. The summed E-state index contributed by atoms with van der Waals surface area (Å²) in [5.41, 5.74) is 0. The molecule has 1 heterocycles. The number of hydrogen-bond acceptors (Lipinski definition) is 7. The lowest BCUT2D eigenvalue weighted by Gasteiger charge is -2.25. The van der Waals surface area contributed by atoms with Gasteiger partial charge in [0.05, 0.1) is 6.54 Å². The number of carbonyl (C=O) groups excluding carboxylic acids is 1. The van der Waals surface area contributed by atoms with E-state index >= 15 is 0 Å². The summed E-state index contributed by atoms with van der Waals surface area (Å²) in [6, 6.07) is 0. The molecule has 4 atom stereocenters. The van der Waals surface area contributed by atoms with Crippen molar-refractivity contribution in [3.05, 3.63) is 0 Å². The van der Waals surface area contributed by atoms with Crippen LogP contribution in [0.15, 0.2) is 0 Å². The lowest BCUT2D eigenvalue weighted by molar-refractivity contribution is -0.184. The monoisotopic (exact) mass is 656 g/mol. The van der Waals surface area contributed by atoms with Crippen molar-refractivity contribution >= 4 is 5.97 Å². The van der Waals surface area contributed by atoms with Crippen molar-refractivity contribution in [3.8, 4) is 0 Å². The van der Waals surface area contributed by atoms with Crippen molar-refractivity contribution in [2.24, 2.45) is 0 Å². The molecule has 0 aromatic rings. The van der Waals surface area contributed by atoms with E-state index in [0.717, 1.165) is 19.3 Å². The van der Waals surface area contributed by atoms with E-state index in [9.17, 15) is 4.79 Å². The van der Waals surface area contributed by atoms with Gasteiger partial charge in [0, 0.05) is 19.8 Å². The summed E-state index contributed by atoms with van der Waals surface area (Å²) < 4.78 is 31.4. The first-order chi connectivity index (χ1) is 22.5. The molecule has 0 N–H and O–H groups in total. The van der Waals surface area contributed by atoms with Crippen molar-refractivity contribution in [1.29, 1.82) is 0 Å². The zero-order valence-corrected chi connectivity index (χ0v) is 31.2. The van der Waals surface area contributed by atoms with E-state index < -0.39 is 12.4 Å². The van der Waals surface area contributed by atoms with Gasteiger partial charge in [-0.15, -0.1) is 0 Å². The van der Waals surface area contributed by atoms with Gasteiger partial charge < -0.3 is 23.7 Å². The second-order valence-electron chi connectivity index (χ2n) is 13.9. The molecule has 1 unspecified atom stereocenters. The Balaban J connectivity index is 2.69. The zero-order valence-electron chi connectivity index (χ0n) is 31.2. The Morgan fingerprint density at radius 3 is 1.30 bits per heavy atom. The van der Waals surface area contributed by atoms with Crippen LogP contribution in [0.25, 0.3) is 0 Å². The summed E-state index contributed by atoms with van der Waals surface area (Å²) >= 11 is 0. The van der Waals surface area contributed by atoms with Crippen LogP contribution in [0.2, 0.25) is 0 Å². The van der Waals surface area contributed by atoms with E-state index in [1.54, 1.807) is 0 Å². The molecule has 46 heavy (non-hydrogen) atoms. The van der Waals surface area contributed by atoms with Gasteiger partial charge in [-0.25, -0.2) is 0 Å². The quantitative estimate of drug-likeness (QED) is 0.0505. The molecule has 1 aliphatic rings. The summed E-state index contributed by atoms with van der Waals surface area (Å²) in [7, 11) is 3.74. The fourth-order valence-corrected chi connectivity index (χ4v) is 6.16. The van der Waals surface area contributed by atoms with Crippen molar-refractivity contribution in [1.82, 2.24) is 4.90 Å². The van der Waals surface area contributed by atoms with Crippen LogP contribution >= 0.6 is 0 Å². The Hall–Kier alpha value is -0.730. The first-order valence-corrected chi connectivity index (χ1v) is 19.8. The lowest BCUT2D eigenvalue weighted by atomic mass is 10.1. The first-order valence-electron chi connectivity index (χ1n) is 19.8. The third-order valence-electron chi connectivity index (χ3n) is 9.02. The van der Waals surface area contributed by atoms with Gasteiger partial charge in [-0.3, -0.25) is 9.69 Å². The second kappa shape index (κ2) is 31.5. The van der Waals surface area contributed by atoms with Crippen LogP contribution in [0.1, 0.15) is 175 Å². The van der Waals surface area contributed by atoms with Gasteiger partial charge in [0.15, 0.2) is 6.29 Å². The highest BCUT2D eigenvalue weighted by molar-refractivity contribution is 5.71. The van der Waals surface area contributed by atoms with Crippen molar-refractivity contribution in [2.45, 2.75) is 199 Å². The highest BCUT2D eigenvalue weighted by Gasteiger charge is 2.47. The number of hydrogen-bond donors (Lipinski definition) is 0. The van der Waals surface area contributed by atoms with Gasteiger partial charge in [-0.05, 0) is 33.4 Å². The maximum atomic E-state index is 12.4. The summed E-state index contributed by atoms with van der Waals surface area (Å²) in [5, 5.41) is 0. The second-order valence-corrected chi connectivity index (χ2v) is 13.9. The SMILES string of the molecule is CCCCCCCCCCOC1[C@@H](COC(=O)CN(C)C)O[C@@H](OCCCCCCCCCC)[C@H]1OCCCCCCCCCC. The fraction of sp³-hybridized carbons (Fsp3) is 0.974. The minimum atomic E-state index is -0.500. The standard InChI is InChI=1S/C39H77NO6/c1-6-9-12-15-18-21-24-27-30-42-37-35(34-45-36(41)33-40(4)5)46-39(44-32-29-26-23-20-17-14-11-8-3)38(37)43-31-28-25-22-19-16-13-10-7-2/h35,37-39H,6-34H2,1-5H3/t35-,37?,38+,39-/m1/s1. The highest BCUT2D eigenvalue weighted by atomic mass is 16.7.